The molecular weight excluding hydrogens is 242 g/mol. The lowest BCUT2D eigenvalue weighted by atomic mass is 10.0. The number of pyridine rings is 1. The smallest absolute Gasteiger partial charge is 0.272 e. The van der Waals surface area contributed by atoms with Gasteiger partial charge in [0.25, 0.3) is 5.91 Å². The monoisotopic (exact) mass is 263 g/mol. The van der Waals surface area contributed by atoms with E-state index in [1.54, 1.807) is 18.3 Å². The van der Waals surface area contributed by atoms with Crippen molar-refractivity contribution in [2.75, 3.05) is 32.6 Å². The Kier molecular flexibility index (Phi) is 4.34. The summed E-state index contributed by atoms with van der Waals surface area (Å²) < 4.78 is 0. The lowest BCUT2D eigenvalue weighted by molar-refractivity contribution is 0.0657. The van der Waals surface area contributed by atoms with Gasteiger partial charge in [0, 0.05) is 19.1 Å². The third kappa shape index (κ3) is 3.21. The summed E-state index contributed by atoms with van der Waals surface area (Å²) in [5.41, 5.74) is 3.67. The molecule has 0 spiro atoms. The standard InChI is InChI=1S/C13H21N5O/c1-17(2)11-5-7-18(8-6-11)13(19)12-4-3-10(16-14)9-15-12/h3-4,9,11,16H,5-8,14H2,1-2H3. The number of rotatable bonds is 3. The maximum Gasteiger partial charge on any atom is 0.272 e. The van der Waals surface area contributed by atoms with E-state index in [2.05, 4.69) is 29.4 Å². The summed E-state index contributed by atoms with van der Waals surface area (Å²) in [6.07, 6.45) is 3.60. The maximum atomic E-state index is 12.3. The number of carbonyl (C=O) groups excluding carboxylic acids is 1. The summed E-state index contributed by atoms with van der Waals surface area (Å²) in [6.45, 7) is 1.58. The Morgan fingerprint density at radius 1 is 1.42 bits per heavy atom. The van der Waals surface area contributed by atoms with Crippen molar-refractivity contribution in [2.24, 2.45) is 5.84 Å². The van der Waals surface area contributed by atoms with Crippen LogP contribution < -0.4 is 11.3 Å². The van der Waals surface area contributed by atoms with E-state index in [9.17, 15) is 4.79 Å². The lowest BCUT2D eigenvalue weighted by Crippen LogP contribution is -2.44. The van der Waals surface area contributed by atoms with Crippen molar-refractivity contribution in [1.29, 1.82) is 0 Å². The summed E-state index contributed by atoms with van der Waals surface area (Å²) >= 11 is 0. The number of piperidine rings is 1. The number of nitrogens with two attached hydrogens (primary N) is 1. The number of amides is 1. The van der Waals surface area contributed by atoms with Crippen LogP contribution >= 0.6 is 0 Å². The van der Waals surface area contributed by atoms with Crippen LogP contribution in [0.1, 0.15) is 23.3 Å². The van der Waals surface area contributed by atoms with Crippen LogP contribution in [0.25, 0.3) is 0 Å². The van der Waals surface area contributed by atoms with Crippen molar-refractivity contribution in [1.82, 2.24) is 14.8 Å². The van der Waals surface area contributed by atoms with Crippen molar-refractivity contribution in [3.8, 4) is 0 Å². The molecule has 0 unspecified atom stereocenters. The van der Waals surface area contributed by atoms with Gasteiger partial charge in [0.2, 0.25) is 0 Å². The quantitative estimate of drug-likeness (QED) is 0.615. The molecule has 2 heterocycles. The molecule has 1 aromatic heterocycles. The summed E-state index contributed by atoms with van der Waals surface area (Å²) in [6, 6.07) is 4.03. The molecule has 2 rings (SSSR count). The highest BCUT2D eigenvalue weighted by Crippen LogP contribution is 2.16. The Morgan fingerprint density at radius 3 is 2.58 bits per heavy atom. The van der Waals surface area contributed by atoms with Gasteiger partial charge >= 0.3 is 0 Å². The Bertz CT molecular complexity index is 423. The fraction of sp³-hybridized carbons (Fsp3) is 0.538. The molecule has 1 aliphatic heterocycles. The zero-order valence-corrected chi connectivity index (χ0v) is 11.5. The predicted molar refractivity (Wildman–Crippen MR) is 74.7 cm³/mol. The fourth-order valence-corrected chi connectivity index (χ4v) is 2.35. The molecule has 1 aliphatic rings. The molecule has 0 aromatic carbocycles. The lowest BCUT2D eigenvalue weighted by Gasteiger charge is -2.35. The van der Waals surface area contributed by atoms with Crippen LogP contribution in [0.4, 0.5) is 5.69 Å². The number of hydrogen-bond donors (Lipinski definition) is 2. The first kappa shape index (κ1) is 13.8. The molecule has 0 bridgehead atoms. The second-order valence-corrected chi connectivity index (χ2v) is 5.06. The van der Waals surface area contributed by atoms with Gasteiger partial charge in [-0.15, -0.1) is 0 Å². The predicted octanol–water partition coefficient (Wildman–Crippen LogP) is 0.533. The number of nitrogens with one attached hydrogen (secondary N) is 1. The van der Waals surface area contributed by atoms with E-state index in [-0.39, 0.29) is 5.91 Å². The second-order valence-electron chi connectivity index (χ2n) is 5.06. The van der Waals surface area contributed by atoms with Gasteiger partial charge in [-0.1, -0.05) is 0 Å². The van der Waals surface area contributed by atoms with E-state index >= 15 is 0 Å². The Labute approximate surface area is 113 Å². The molecule has 0 saturated carbocycles. The van der Waals surface area contributed by atoms with E-state index in [4.69, 9.17) is 5.84 Å². The molecule has 0 atom stereocenters. The van der Waals surface area contributed by atoms with Gasteiger partial charge in [0.1, 0.15) is 5.69 Å². The van der Waals surface area contributed by atoms with E-state index in [1.807, 2.05) is 4.90 Å². The van der Waals surface area contributed by atoms with Crippen LogP contribution in [0.15, 0.2) is 18.3 Å². The van der Waals surface area contributed by atoms with Crippen LogP contribution in [-0.4, -0.2) is 53.9 Å². The molecule has 0 radical (unpaired) electrons. The first-order valence-corrected chi connectivity index (χ1v) is 6.50. The summed E-state index contributed by atoms with van der Waals surface area (Å²) in [5, 5.41) is 0. The van der Waals surface area contributed by atoms with Crippen LogP contribution in [0.5, 0.6) is 0 Å². The van der Waals surface area contributed by atoms with Crippen molar-refractivity contribution in [3.05, 3.63) is 24.0 Å². The highest BCUT2D eigenvalue weighted by Gasteiger charge is 2.25. The number of nitrogen functional groups attached to an aromatic ring is 1. The Hall–Kier alpha value is -1.66. The van der Waals surface area contributed by atoms with Gasteiger partial charge in [-0.2, -0.15) is 0 Å². The van der Waals surface area contributed by atoms with Gasteiger partial charge in [0.05, 0.1) is 11.9 Å². The molecule has 1 aromatic rings. The first-order valence-electron chi connectivity index (χ1n) is 6.50. The maximum absolute atomic E-state index is 12.3. The van der Waals surface area contributed by atoms with Crippen LogP contribution in [-0.2, 0) is 0 Å². The zero-order chi connectivity index (χ0) is 13.8. The Morgan fingerprint density at radius 2 is 2.11 bits per heavy atom. The molecular formula is C13H21N5O. The topological polar surface area (TPSA) is 74.5 Å². The van der Waals surface area contributed by atoms with E-state index in [0.29, 0.717) is 17.4 Å². The highest BCUT2D eigenvalue weighted by atomic mass is 16.2. The highest BCUT2D eigenvalue weighted by molar-refractivity contribution is 5.92. The summed E-state index contributed by atoms with van der Waals surface area (Å²) in [5.74, 6) is 5.27. The summed E-state index contributed by atoms with van der Waals surface area (Å²) in [7, 11) is 4.17. The Balaban J connectivity index is 1.97. The van der Waals surface area contributed by atoms with Crippen LogP contribution in [0.3, 0.4) is 0 Å². The SMILES string of the molecule is CN(C)C1CCN(C(=O)c2ccc(NN)cn2)CC1. The summed E-state index contributed by atoms with van der Waals surface area (Å²) in [4.78, 5) is 20.5. The van der Waals surface area contributed by atoms with Gasteiger partial charge in [-0.25, -0.2) is 4.98 Å². The van der Waals surface area contributed by atoms with E-state index in [1.165, 1.54) is 0 Å². The molecule has 3 N–H and O–H groups in total. The van der Waals surface area contributed by atoms with Crippen molar-refractivity contribution >= 4 is 11.6 Å². The largest absolute Gasteiger partial charge is 0.337 e. The van der Waals surface area contributed by atoms with Gasteiger partial charge < -0.3 is 15.2 Å². The number of aromatic nitrogens is 1. The van der Waals surface area contributed by atoms with E-state index < -0.39 is 0 Å². The molecule has 1 amide bonds. The average Bonchev–Trinajstić information content (AvgIpc) is 2.46. The van der Waals surface area contributed by atoms with E-state index in [0.717, 1.165) is 25.9 Å². The number of nitrogens with zero attached hydrogens (tertiary/aromatic N) is 3. The van der Waals surface area contributed by atoms with Crippen LogP contribution in [0.2, 0.25) is 0 Å². The normalized spacial score (nSPS) is 16.7. The van der Waals surface area contributed by atoms with Gasteiger partial charge in [0.15, 0.2) is 0 Å². The number of anilines is 1. The number of carbonyl (C=O) groups is 1. The minimum atomic E-state index is 0.000720. The third-order valence-electron chi connectivity index (χ3n) is 3.63. The zero-order valence-electron chi connectivity index (χ0n) is 11.5. The molecule has 104 valence electrons. The van der Waals surface area contributed by atoms with Crippen LogP contribution in [0, 0.1) is 0 Å². The minimum absolute atomic E-state index is 0.000720. The number of likely N-dealkylation sites (tertiary alicyclic amines) is 1. The molecule has 6 heteroatoms. The molecule has 1 saturated heterocycles. The van der Waals surface area contributed by atoms with Gasteiger partial charge in [-0.05, 0) is 39.1 Å². The van der Waals surface area contributed by atoms with Crippen molar-refractivity contribution in [3.63, 3.8) is 0 Å². The third-order valence-corrected chi connectivity index (χ3v) is 3.63. The minimum Gasteiger partial charge on any atom is -0.337 e. The van der Waals surface area contributed by atoms with Crippen molar-refractivity contribution in [2.45, 2.75) is 18.9 Å². The van der Waals surface area contributed by atoms with Crippen molar-refractivity contribution < 1.29 is 4.79 Å². The molecule has 1 fully saturated rings. The number of hydrogen-bond acceptors (Lipinski definition) is 5. The second kappa shape index (κ2) is 5.99. The average molecular weight is 263 g/mol. The number of hydrazine groups is 1. The fourth-order valence-electron chi connectivity index (χ4n) is 2.35. The van der Waals surface area contributed by atoms with Gasteiger partial charge in [-0.3, -0.25) is 10.6 Å². The first-order chi connectivity index (χ1) is 9.11. The molecule has 6 nitrogen and oxygen atoms in total. The molecule has 0 aliphatic carbocycles. The molecule has 19 heavy (non-hydrogen) atoms.